The maximum Gasteiger partial charge on any atom is 0.226 e. The van der Waals surface area contributed by atoms with Crippen molar-refractivity contribution in [3.05, 3.63) is 35.6 Å². The Kier molecular flexibility index (Phi) is 4.24. The Labute approximate surface area is 125 Å². The smallest absolute Gasteiger partial charge is 0.226 e. The number of hydrogen-bond acceptors (Lipinski definition) is 2. The van der Waals surface area contributed by atoms with Crippen molar-refractivity contribution < 1.29 is 9.18 Å². The third-order valence-corrected chi connectivity index (χ3v) is 4.66. The lowest BCUT2D eigenvalue weighted by atomic mass is 9.85. The number of hydrogen-bond donors (Lipinski definition) is 1. The van der Waals surface area contributed by atoms with E-state index in [9.17, 15) is 9.18 Å². The molecule has 0 radical (unpaired) electrons. The van der Waals surface area contributed by atoms with Gasteiger partial charge >= 0.3 is 0 Å². The number of halogens is 1. The molecule has 1 aromatic rings. The van der Waals surface area contributed by atoms with Crippen LogP contribution in [0.25, 0.3) is 0 Å². The first-order valence-electron chi connectivity index (χ1n) is 7.94. The molecule has 0 aromatic heterocycles. The lowest BCUT2D eigenvalue weighted by molar-refractivity contribution is -0.137. The molecule has 1 amide bonds. The van der Waals surface area contributed by atoms with Gasteiger partial charge in [0.1, 0.15) is 5.82 Å². The van der Waals surface area contributed by atoms with Gasteiger partial charge in [-0.25, -0.2) is 4.39 Å². The van der Waals surface area contributed by atoms with Gasteiger partial charge in [0.15, 0.2) is 0 Å². The van der Waals surface area contributed by atoms with Crippen LogP contribution in [-0.2, 0) is 11.3 Å². The molecule has 3 rings (SSSR count). The van der Waals surface area contributed by atoms with Crippen LogP contribution in [0.15, 0.2) is 24.3 Å². The zero-order valence-electron chi connectivity index (χ0n) is 12.3. The third kappa shape index (κ3) is 3.62. The predicted octanol–water partition coefficient (Wildman–Crippen LogP) is 2.83. The molecule has 0 atom stereocenters. The second-order valence-electron chi connectivity index (χ2n) is 6.44. The Morgan fingerprint density at radius 3 is 2.29 bits per heavy atom. The van der Waals surface area contributed by atoms with Gasteiger partial charge < -0.3 is 10.6 Å². The third-order valence-electron chi connectivity index (χ3n) is 4.66. The molecule has 2 saturated carbocycles. The highest BCUT2D eigenvalue weighted by atomic mass is 19.1. The van der Waals surface area contributed by atoms with Gasteiger partial charge in [0, 0.05) is 24.5 Å². The molecule has 0 spiro atoms. The van der Waals surface area contributed by atoms with E-state index in [-0.39, 0.29) is 23.7 Å². The minimum atomic E-state index is -0.232. The van der Waals surface area contributed by atoms with Crippen LogP contribution in [0.2, 0.25) is 0 Å². The van der Waals surface area contributed by atoms with Crippen LogP contribution in [-0.4, -0.2) is 22.9 Å². The molecule has 1 aromatic carbocycles. The van der Waals surface area contributed by atoms with Crippen molar-refractivity contribution in [3.8, 4) is 0 Å². The zero-order chi connectivity index (χ0) is 14.8. The highest BCUT2D eigenvalue weighted by Crippen LogP contribution is 2.33. The number of nitrogens with two attached hydrogens (primary N) is 1. The van der Waals surface area contributed by atoms with E-state index in [1.54, 1.807) is 12.1 Å². The fourth-order valence-electron chi connectivity index (χ4n) is 3.16. The summed E-state index contributed by atoms with van der Waals surface area (Å²) >= 11 is 0. The number of nitrogens with zero attached hydrogens (tertiary/aromatic N) is 1. The molecule has 2 fully saturated rings. The van der Waals surface area contributed by atoms with Gasteiger partial charge in [0.05, 0.1) is 0 Å². The van der Waals surface area contributed by atoms with E-state index in [1.807, 2.05) is 4.90 Å². The van der Waals surface area contributed by atoms with Crippen molar-refractivity contribution in [3.63, 3.8) is 0 Å². The van der Waals surface area contributed by atoms with Crippen LogP contribution in [0.4, 0.5) is 4.39 Å². The molecule has 21 heavy (non-hydrogen) atoms. The number of rotatable bonds is 4. The standard InChI is InChI=1S/C17H23FN2O/c18-14-5-1-12(2-6-14)11-20(16-9-10-16)17(21)13-3-7-15(19)8-4-13/h1-2,5-6,13,15-16H,3-4,7-11,19H2. The van der Waals surface area contributed by atoms with Gasteiger partial charge in [-0.2, -0.15) is 0 Å². The second kappa shape index (κ2) is 6.14. The van der Waals surface area contributed by atoms with Crippen LogP contribution in [0.1, 0.15) is 44.1 Å². The van der Waals surface area contributed by atoms with E-state index < -0.39 is 0 Å². The van der Waals surface area contributed by atoms with Crippen molar-refractivity contribution in [1.82, 2.24) is 4.90 Å². The Bertz CT molecular complexity index is 490. The van der Waals surface area contributed by atoms with Gasteiger partial charge in [0.2, 0.25) is 5.91 Å². The molecule has 2 N–H and O–H groups in total. The summed E-state index contributed by atoms with van der Waals surface area (Å²) in [6.45, 7) is 0.604. The summed E-state index contributed by atoms with van der Waals surface area (Å²) in [5, 5.41) is 0. The zero-order valence-corrected chi connectivity index (χ0v) is 12.3. The summed E-state index contributed by atoms with van der Waals surface area (Å²) in [5.41, 5.74) is 6.93. The lowest BCUT2D eigenvalue weighted by Crippen LogP contribution is -2.40. The van der Waals surface area contributed by atoms with Crippen molar-refractivity contribution in [1.29, 1.82) is 0 Å². The normalized spacial score (nSPS) is 25.6. The van der Waals surface area contributed by atoms with Crippen molar-refractivity contribution in [2.75, 3.05) is 0 Å². The second-order valence-corrected chi connectivity index (χ2v) is 6.44. The van der Waals surface area contributed by atoms with E-state index in [2.05, 4.69) is 0 Å². The highest BCUT2D eigenvalue weighted by Gasteiger charge is 2.36. The minimum Gasteiger partial charge on any atom is -0.335 e. The molecule has 114 valence electrons. The average molecular weight is 290 g/mol. The first-order valence-corrected chi connectivity index (χ1v) is 7.94. The topological polar surface area (TPSA) is 46.3 Å². The number of benzene rings is 1. The van der Waals surface area contributed by atoms with E-state index in [4.69, 9.17) is 5.73 Å². The van der Waals surface area contributed by atoms with E-state index in [0.29, 0.717) is 12.6 Å². The van der Waals surface area contributed by atoms with E-state index >= 15 is 0 Å². The van der Waals surface area contributed by atoms with Crippen LogP contribution in [0.3, 0.4) is 0 Å². The molecule has 0 heterocycles. The molecule has 0 aliphatic heterocycles. The molecule has 0 saturated heterocycles. The first kappa shape index (κ1) is 14.5. The van der Waals surface area contributed by atoms with Crippen LogP contribution in [0, 0.1) is 11.7 Å². The number of carbonyl (C=O) groups is 1. The molecular formula is C17H23FN2O. The first-order chi connectivity index (χ1) is 10.1. The summed E-state index contributed by atoms with van der Waals surface area (Å²) in [6, 6.07) is 7.12. The molecule has 0 bridgehead atoms. The monoisotopic (exact) mass is 290 g/mol. The molecular weight excluding hydrogens is 267 g/mol. The molecule has 2 aliphatic carbocycles. The fraction of sp³-hybridized carbons (Fsp3) is 0.588. The highest BCUT2D eigenvalue weighted by molar-refractivity contribution is 5.79. The molecule has 2 aliphatic rings. The Hall–Kier alpha value is -1.42. The van der Waals surface area contributed by atoms with E-state index in [0.717, 1.165) is 44.1 Å². The summed E-state index contributed by atoms with van der Waals surface area (Å²) in [5.74, 6) is 0.170. The predicted molar refractivity (Wildman–Crippen MR) is 79.9 cm³/mol. The largest absolute Gasteiger partial charge is 0.335 e. The van der Waals surface area contributed by atoms with Gasteiger partial charge in [0.25, 0.3) is 0 Å². The molecule has 0 unspecified atom stereocenters. The van der Waals surface area contributed by atoms with Crippen LogP contribution >= 0.6 is 0 Å². The molecule has 3 nitrogen and oxygen atoms in total. The molecule has 4 heteroatoms. The number of amides is 1. The van der Waals surface area contributed by atoms with Crippen LogP contribution < -0.4 is 5.73 Å². The van der Waals surface area contributed by atoms with Crippen LogP contribution in [0.5, 0.6) is 0 Å². The average Bonchev–Trinajstić information content (AvgIpc) is 3.31. The Morgan fingerprint density at radius 1 is 1.10 bits per heavy atom. The Morgan fingerprint density at radius 2 is 1.71 bits per heavy atom. The lowest BCUT2D eigenvalue weighted by Gasteiger charge is -2.31. The SMILES string of the molecule is NC1CCC(C(=O)N(Cc2ccc(F)cc2)C2CC2)CC1. The van der Waals surface area contributed by atoms with Gasteiger partial charge in [-0.15, -0.1) is 0 Å². The minimum absolute atomic E-state index is 0.130. The van der Waals surface area contributed by atoms with Crippen molar-refractivity contribution in [2.24, 2.45) is 11.7 Å². The summed E-state index contributed by atoms with van der Waals surface area (Å²) in [7, 11) is 0. The van der Waals surface area contributed by atoms with Gasteiger partial charge in [-0.1, -0.05) is 12.1 Å². The number of carbonyl (C=O) groups excluding carboxylic acids is 1. The van der Waals surface area contributed by atoms with Crippen molar-refractivity contribution in [2.45, 2.75) is 57.2 Å². The summed E-state index contributed by atoms with van der Waals surface area (Å²) in [4.78, 5) is 14.8. The summed E-state index contributed by atoms with van der Waals surface area (Å²) in [6.07, 6.45) is 5.91. The van der Waals surface area contributed by atoms with Crippen molar-refractivity contribution >= 4 is 5.91 Å². The maximum absolute atomic E-state index is 13.0. The van der Waals surface area contributed by atoms with E-state index in [1.165, 1.54) is 12.1 Å². The van der Waals surface area contributed by atoms with Gasteiger partial charge in [-0.3, -0.25) is 4.79 Å². The maximum atomic E-state index is 13.0. The summed E-state index contributed by atoms with van der Waals surface area (Å²) < 4.78 is 13.0. The quantitative estimate of drug-likeness (QED) is 0.927. The Balaban J connectivity index is 1.66. The van der Waals surface area contributed by atoms with Gasteiger partial charge in [-0.05, 0) is 56.2 Å². The fourth-order valence-corrected chi connectivity index (χ4v) is 3.16.